The number of rotatable bonds is 2. The molecule has 2 rings (SSSR count). The standard InChI is InChI=1S/C12H17NO2S2/c1-12(2,3)9-5-4-8(17-9)10-13-7(6-16-10)11(14)15/h4-5,7,10,13H,6H2,1-3H3,(H,14,15)/t7-,10?/m1/s1. The van der Waals surface area contributed by atoms with Gasteiger partial charge in [-0.25, -0.2) is 0 Å². The van der Waals surface area contributed by atoms with Crippen molar-refractivity contribution in [2.45, 2.75) is 37.6 Å². The largest absolute Gasteiger partial charge is 0.480 e. The van der Waals surface area contributed by atoms with Gasteiger partial charge in [-0.15, -0.1) is 23.1 Å². The number of thiophene rings is 1. The summed E-state index contributed by atoms with van der Waals surface area (Å²) in [4.78, 5) is 13.4. The Hall–Kier alpha value is -0.520. The van der Waals surface area contributed by atoms with Crippen LogP contribution in [0.25, 0.3) is 0 Å². The Morgan fingerprint density at radius 1 is 1.47 bits per heavy atom. The Morgan fingerprint density at radius 3 is 2.65 bits per heavy atom. The third-order valence-electron chi connectivity index (χ3n) is 2.70. The first kappa shape index (κ1) is 12.9. The SMILES string of the molecule is CC(C)(C)c1ccc(C2N[C@@H](C(=O)O)CS2)s1. The number of carboxylic acids is 1. The van der Waals surface area contributed by atoms with Crippen LogP contribution in [0.15, 0.2) is 12.1 Å². The maximum Gasteiger partial charge on any atom is 0.321 e. The second-order valence-corrected chi connectivity index (χ2v) is 7.48. The Labute approximate surface area is 110 Å². The van der Waals surface area contributed by atoms with E-state index in [0.29, 0.717) is 5.75 Å². The van der Waals surface area contributed by atoms with Crippen LogP contribution in [-0.4, -0.2) is 22.9 Å². The molecule has 1 unspecified atom stereocenters. The molecule has 0 saturated carbocycles. The average molecular weight is 271 g/mol. The van der Waals surface area contributed by atoms with Crippen molar-refractivity contribution in [3.05, 3.63) is 21.9 Å². The van der Waals surface area contributed by atoms with Crippen LogP contribution in [0.2, 0.25) is 0 Å². The minimum Gasteiger partial charge on any atom is -0.480 e. The van der Waals surface area contributed by atoms with Gasteiger partial charge in [0.25, 0.3) is 0 Å². The molecule has 94 valence electrons. The first-order valence-corrected chi connectivity index (χ1v) is 7.45. The van der Waals surface area contributed by atoms with Gasteiger partial charge in [0.15, 0.2) is 0 Å². The zero-order valence-corrected chi connectivity index (χ0v) is 11.8. The highest BCUT2D eigenvalue weighted by Gasteiger charge is 2.31. The van der Waals surface area contributed by atoms with Gasteiger partial charge in [0, 0.05) is 15.5 Å². The minimum absolute atomic E-state index is 0.136. The van der Waals surface area contributed by atoms with Crippen molar-refractivity contribution >= 4 is 29.1 Å². The molecule has 0 aromatic carbocycles. The lowest BCUT2D eigenvalue weighted by molar-refractivity contribution is -0.138. The number of carbonyl (C=O) groups is 1. The van der Waals surface area contributed by atoms with E-state index in [4.69, 9.17) is 5.11 Å². The maximum absolute atomic E-state index is 10.9. The van der Waals surface area contributed by atoms with Gasteiger partial charge in [-0.1, -0.05) is 20.8 Å². The van der Waals surface area contributed by atoms with Crippen LogP contribution >= 0.6 is 23.1 Å². The molecule has 5 heteroatoms. The van der Waals surface area contributed by atoms with Crippen molar-refractivity contribution in [3.8, 4) is 0 Å². The Balaban J connectivity index is 2.10. The summed E-state index contributed by atoms with van der Waals surface area (Å²) in [6, 6.07) is 3.85. The third-order valence-corrected chi connectivity index (χ3v) is 5.68. The molecule has 1 aliphatic heterocycles. The van der Waals surface area contributed by atoms with Crippen molar-refractivity contribution in [1.29, 1.82) is 0 Å². The summed E-state index contributed by atoms with van der Waals surface area (Å²) in [7, 11) is 0. The number of thioether (sulfide) groups is 1. The molecule has 17 heavy (non-hydrogen) atoms. The van der Waals surface area contributed by atoms with E-state index in [9.17, 15) is 4.79 Å². The molecule has 0 aliphatic carbocycles. The Morgan fingerprint density at radius 2 is 2.18 bits per heavy atom. The molecule has 0 radical (unpaired) electrons. The van der Waals surface area contributed by atoms with E-state index < -0.39 is 12.0 Å². The monoisotopic (exact) mass is 271 g/mol. The summed E-state index contributed by atoms with van der Waals surface area (Å²) < 4.78 is 0. The van der Waals surface area contributed by atoms with Gasteiger partial charge in [0.1, 0.15) is 6.04 Å². The van der Waals surface area contributed by atoms with E-state index >= 15 is 0 Å². The van der Waals surface area contributed by atoms with Gasteiger partial charge in [-0.05, 0) is 17.5 Å². The summed E-state index contributed by atoms with van der Waals surface area (Å²) in [6.07, 6.45) is 0. The lowest BCUT2D eigenvalue weighted by Crippen LogP contribution is -2.33. The van der Waals surface area contributed by atoms with Crippen LogP contribution < -0.4 is 5.32 Å². The molecule has 3 nitrogen and oxygen atoms in total. The molecule has 1 saturated heterocycles. The molecule has 2 atom stereocenters. The number of hydrogen-bond acceptors (Lipinski definition) is 4. The number of carboxylic acid groups (broad SMARTS) is 1. The summed E-state index contributed by atoms with van der Waals surface area (Å²) in [6.45, 7) is 6.58. The molecular weight excluding hydrogens is 254 g/mol. The van der Waals surface area contributed by atoms with Crippen molar-refractivity contribution < 1.29 is 9.90 Å². The molecule has 1 aliphatic rings. The second-order valence-electron chi connectivity index (χ2n) is 5.22. The molecule has 1 fully saturated rings. The third kappa shape index (κ3) is 2.84. The van der Waals surface area contributed by atoms with Crippen LogP contribution in [-0.2, 0) is 10.2 Å². The molecule has 1 aromatic heterocycles. The van der Waals surface area contributed by atoms with Crippen LogP contribution in [0, 0.1) is 0 Å². The fourth-order valence-electron chi connectivity index (χ4n) is 1.68. The normalized spacial score (nSPS) is 25.1. The molecule has 2 heterocycles. The number of nitrogens with one attached hydrogen (secondary N) is 1. The van der Waals surface area contributed by atoms with E-state index in [0.717, 1.165) is 0 Å². The highest BCUT2D eigenvalue weighted by Crippen LogP contribution is 2.39. The summed E-state index contributed by atoms with van der Waals surface area (Å²) >= 11 is 3.45. The van der Waals surface area contributed by atoms with Crippen molar-refractivity contribution in [1.82, 2.24) is 5.32 Å². The lowest BCUT2D eigenvalue weighted by atomic mass is 9.95. The fraction of sp³-hybridized carbons (Fsp3) is 0.583. The Bertz CT molecular complexity index is 422. The molecular formula is C12H17NO2S2. The summed E-state index contributed by atoms with van der Waals surface area (Å²) in [5.74, 6) is -0.115. The number of aliphatic carboxylic acids is 1. The molecule has 2 N–H and O–H groups in total. The van der Waals surface area contributed by atoms with E-state index in [1.807, 2.05) is 0 Å². The van der Waals surface area contributed by atoms with Crippen molar-refractivity contribution in [2.24, 2.45) is 0 Å². The van der Waals surface area contributed by atoms with E-state index in [1.165, 1.54) is 9.75 Å². The van der Waals surface area contributed by atoms with Crippen molar-refractivity contribution in [3.63, 3.8) is 0 Å². The van der Waals surface area contributed by atoms with Gasteiger partial charge in [-0.2, -0.15) is 0 Å². The lowest BCUT2D eigenvalue weighted by Gasteiger charge is -2.15. The van der Waals surface area contributed by atoms with Gasteiger partial charge in [0.2, 0.25) is 0 Å². The zero-order chi connectivity index (χ0) is 12.6. The van der Waals surface area contributed by atoms with Crippen LogP contribution in [0.5, 0.6) is 0 Å². The van der Waals surface area contributed by atoms with E-state index in [-0.39, 0.29) is 10.8 Å². The predicted octanol–water partition coefficient (Wildman–Crippen LogP) is 2.83. The molecule has 0 spiro atoms. The van der Waals surface area contributed by atoms with Gasteiger partial charge in [0.05, 0.1) is 5.37 Å². The van der Waals surface area contributed by atoms with Crippen LogP contribution in [0.1, 0.15) is 35.9 Å². The number of hydrogen-bond donors (Lipinski definition) is 2. The minimum atomic E-state index is -0.757. The summed E-state index contributed by atoms with van der Waals surface area (Å²) in [5.41, 5.74) is 0.165. The van der Waals surface area contributed by atoms with Gasteiger partial charge in [-0.3, -0.25) is 10.1 Å². The zero-order valence-electron chi connectivity index (χ0n) is 10.2. The predicted molar refractivity (Wildman–Crippen MR) is 72.8 cm³/mol. The fourth-order valence-corrected chi connectivity index (χ4v) is 4.16. The first-order chi connectivity index (χ1) is 7.88. The summed E-state index contributed by atoms with van der Waals surface area (Å²) in [5, 5.41) is 12.2. The van der Waals surface area contributed by atoms with E-state index in [1.54, 1.807) is 23.1 Å². The highest BCUT2D eigenvalue weighted by molar-refractivity contribution is 7.99. The molecule has 0 amide bonds. The average Bonchev–Trinajstić information content (AvgIpc) is 2.85. The first-order valence-electron chi connectivity index (χ1n) is 5.58. The maximum atomic E-state index is 10.9. The van der Waals surface area contributed by atoms with Gasteiger partial charge < -0.3 is 5.11 Å². The molecule has 0 bridgehead atoms. The van der Waals surface area contributed by atoms with Crippen LogP contribution in [0.3, 0.4) is 0 Å². The highest BCUT2D eigenvalue weighted by atomic mass is 32.2. The van der Waals surface area contributed by atoms with E-state index in [2.05, 4.69) is 38.2 Å². The van der Waals surface area contributed by atoms with Gasteiger partial charge >= 0.3 is 5.97 Å². The quantitative estimate of drug-likeness (QED) is 0.868. The Kier molecular flexibility index (Phi) is 3.52. The topological polar surface area (TPSA) is 49.3 Å². The molecule has 1 aromatic rings. The second kappa shape index (κ2) is 4.63. The van der Waals surface area contributed by atoms with Crippen molar-refractivity contribution in [2.75, 3.05) is 5.75 Å². The smallest absolute Gasteiger partial charge is 0.321 e. The van der Waals surface area contributed by atoms with Crippen LogP contribution in [0.4, 0.5) is 0 Å².